The Morgan fingerprint density at radius 2 is 1.95 bits per heavy atom. The molecule has 206 valence electrons. The fourth-order valence-corrected chi connectivity index (χ4v) is 5.49. The smallest absolute Gasteiger partial charge is 0.361 e. The van der Waals surface area contributed by atoms with Gasteiger partial charge in [-0.1, -0.05) is 48.2 Å². The lowest BCUT2D eigenvalue weighted by atomic mass is 9.98. The van der Waals surface area contributed by atoms with E-state index in [1.807, 2.05) is 30.3 Å². The number of benzene rings is 1. The minimum Gasteiger partial charge on any atom is -0.460 e. The van der Waals surface area contributed by atoms with Gasteiger partial charge in [-0.15, -0.1) is 16.9 Å². The van der Waals surface area contributed by atoms with Crippen LogP contribution in [0, 0.1) is 0 Å². The number of esters is 2. The quantitative estimate of drug-likeness (QED) is 0.204. The van der Waals surface area contributed by atoms with E-state index in [9.17, 15) is 24.0 Å². The van der Waals surface area contributed by atoms with E-state index in [0.29, 0.717) is 0 Å². The van der Waals surface area contributed by atoms with Gasteiger partial charge >= 0.3 is 17.6 Å². The molecule has 1 unspecified atom stereocenters. The van der Waals surface area contributed by atoms with Gasteiger partial charge in [0.15, 0.2) is 17.4 Å². The van der Waals surface area contributed by atoms with E-state index in [2.05, 4.69) is 27.2 Å². The third-order valence-corrected chi connectivity index (χ3v) is 7.44. The number of aryl methyl sites for hydroxylation is 1. The molecule has 0 saturated carbocycles. The summed E-state index contributed by atoms with van der Waals surface area (Å²) in [6.45, 7) is 3.06. The van der Waals surface area contributed by atoms with Gasteiger partial charge < -0.3 is 19.7 Å². The van der Waals surface area contributed by atoms with Gasteiger partial charge in [0, 0.05) is 12.6 Å². The van der Waals surface area contributed by atoms with Gasteiger partial charge in [0.1, 0.15) is 31.0 Å². The maximum atomic E-state index is 13.1. The molecule has 0 bridgehead atoms. The number of hydrogen-bond donors (Lipinski definition) is 1. The molecule has 4 heterocycles. The van der Waals surface area contributed by atoms with Crippen LogP contribution < -0.4 is 11.0 Å². The number of fused-ring (bicyclic) bond motifs is 2. The highest BCUT2D eigenvalue weighted by Crippen LogP contribution is 2.40. The molecule has 15 heteroatoms. The van der Waals surface area contributed by atoms with Crippen molar-refractivity contribution in [1.82, 2.24) is 34.6 Å². The van der Waals surface area contributed by atoms with Crippen LogP contribution in [0.1, 0.15) is 16.1 Å². The minimum atomic E-state index is -1.18. The number of nitrogens with one attached hydrogen (secondary N) is 1. The molecular weight excluding hydrogens is 542 g/mol. The summed E-state index contributed by atoms with van der Waals surface area (Å²) in [7, 11) is 1.40. The summed E-state index contributed by atoms with van der Waals surface area (Å²) in [5.41, 5.74) is 0.206. The van der Waals surface area contributed by atoms with Crippen molar-refractivity contribution in [2.75, 3.05) is 13.2 Å². The highest BCUT2D eigenvalue weighted by atomic mass is 32.2. The van der Waals surface area contributed by atoms with Crippen molar-refractivity contribution in [1.29, 1.82) is 0 Å². The molecule has 3 aromatic rings. The number of ether oxygens (including phenoxy) is 2. The van der Waals surface area contributed by atoms with Crippen molar-refractivity contribution in [3.8, 4) is 0 Å². The van der Waals surface area contributed by atoms with E-state index in [1.165, 1.54) is 29.8 Å². The predicted molar refractivity (Wildman–Crippen MR) is 140 cm³/mol. The Balaban J connectivity index is 1.30. The van der Waals surface area contributed by atoms with Gasteiger partial charge in [-0.3, -0.25) is 9.59 Å². The van der Waals surface area contributed by atoms with Crippen LogP contribution >= 0.6 is 11.8 Å². The Labute approximate surface area is 230 Å². The number of carbonyl (C=O) groups is 4. The molecule has 5 rings (SSSR count). The molecule has 2 aliphatic heterocycles. The molecule has 1 aromatic carbocycles. The standard InChI is InChI=1S/C25H23N7O7S/c1-3-9-38-24(36)19-15(11-39-23(35)17-20-28-29-30(2)25(37)31(20)13-26-17)12-40-22-18(21(34)32(19)22)27-16(33)10-14-7-5-4-6-8-14/h3-8,12-13,18-19,22H,1,9-11H2,2H3,(H,27,33)/t18-,19?,22-/m1/s1. The van der Waals surface area contributed by atoms with Crippen LogP contribution in [0.25, 0.3) is 5.65 Å². The van der Waals surface area contributed by atoms with E-state index < -0.39 is 41.0 Å². The number of rotatable bonds is 9. The first-order valence-corrected chi connectivity index (χ1v) is 13.0. The molecular formula is C25H23N7O7S. The molecule has 0 aliphatic carbocycles. The maximum Gasteiger partial charge on any atom is 0.361 e. The number of carbonyl (C=O) groups excluding carboxylic acids is 4. The summed E-state index contributed by atoms with van der Waals surface area (Å²) in [5.74, 6) is -2.44. The van der Waals surface area contributed by atoms with Crippen molar-refractivity contribution < 1.29 is 28.7 Å². The van der Waals surface area contributed by atoms with Crippen molar-refractivity contribution >= 4 is 41.2 Å². The Bertz CT molecular complexity index is 1600. The number of imidazole rings is 1. The molecule has 40 heavy (non-hydrogen) atoms. The first-order chi connectivity index (χ1) is 19.3. The van der Waals surface area contributed by atoms with Crippen molar-refractivity contribution in [3.63, 3.8) is 0 Å². The van der Waals surface area contributed by atoms with Crippen molar-refractivity contribution in [2.45, 2.75) is 23.9 Å². The highest BCUT2D eigenvalue weighted by Gasteiger charge is 2.56. The molecule has 3 atom stereocenters. The third-order valence-electron chi connectivity index (χ3n) is 6.22. The summed E-state index contributed by atoms with van der Waals surface area (Å²) in [5, 5.41) is 11.3. The molecule has 1 saturated heterocycles. The van der Waals surface area contributed by atoms with Gasteiger partial charge in [-0.25, -0.2) is 23.8 Å². The van der Waals surface area contributed by atoms with E-state index in [0.717, 1.165) is 21.0 Å². The average Bonchev–Trinajstić information content (AvgIpc) is 3.40. The van der Waals surface area contributed by atoms with Crippen LogP contribution in [0.2, 0.25) is 0 Å². The summed E-state index contributed by atoms with van der Waals surface area (Å²) in [6.07, 6.45) is 2.61. The lowest BCUT2D eigenvalue weighted by Crippen LogP contribution is -2.74. The number of aromatic nitrogens is 5. The van der Waals surface area contributed by atoms with Crippen LogP contribution in [0.3, 0.4) is 0 Å². The second kappa shape index (κ2) is 11.1. The Hall–Kier alpha value is -4.79. The highest BCUT2D eigenvalue weighted by molar-refractivity contribution is 8.03. The fourth-order valence-electron chi connectivity index (χ4n) is 4.28. The fraction of sp³-hybridized carbons (Fsp3) is 0.280. The number of thioether (sulfide) groups is 1. The van der Waals surface area contributed by atoms with E-state index in [1.54, 1.807) is 5.41 Å². The van der Waals surface area contributed by atoms with Crippen LogP contribution in [0.5, 0.6) is 0 Å². The maximum absolute atomic E-state index is 13.1. The van der Waals surface area contributed by atoms with Crippen LogP contribution in [0.15, 0.2) is 65.1 Å². The van der Waals surface area contributed by atoms with Gasteiger partial charge in [-0.2, -0.15) is 4.68 Å². The molecule has 2 aromatic heterocycles. The third kappa shape index (κ3) is 4.98. The van der Waals surface area contributed by atoms with Crippen molar-refractivity contribution in [3.05, 3.63) is 82.0 Å². The number of β-lactam (4-membered cyclic amide) rings is 1. The number of hydrogen-bond acceptors (Lipinski definition) is 11. The molecule has 2 aliphatic rings. The lowest BCUT2D eigenvalue weighted by Gasteiger charge is -2.51. The monoisotopic (exact) mass is 565 g/mol. The molecule has 14 nitrogen and oxygen atoms in total. The van der Waals surface area contributed by atoms with Crippen molar-refractivity contribution in [2.24, 2.45) is 7.05 Å². The van der Waals surface area contributed by atoms with Crippen LogP contribution in [-0.4, -0.2) is 83.7 Å². The summed E-state index contributed by atoms with van der Waals surface area (Å²) < 4.78 is 12.6. The van der Waals surface area contributed by atoms with Gasteiger partial charge in [-0.05, 0) is 11.0 Å². The zero-order chi connectivity index (χ0) is 28.4. The van der Waals surface area contributed by atoms with Crippen LogP contribution in [0.4, 0.5) is 0 Å². The van der Waals surface area contributed by atoms with Gasteiger partial charge in [0.05, 0.1) is 6.42 Å². The normalized spacial score (nSPS) is 19.7. The topological polar surface area (TPSA) is 167 Å². The zero-order valence-electron chi connectivity index (χ0n) is 21.1. The summed E-state index contributed by atoms with van der Waals surface area (Å²) in [6, 6.07) is 7.08. The first kappa shape index (κ1) is 26.8. The Morgan fingerprint density at radius 3 is 2.70 bits per heavy atom. The summed E-state index contributed by atoms with van der Waals surface area (Å²) >= 11 is 1.20. The second-order valence-corrected chi connectivity index (χ2v) is 9.84. The predicted octanol–water partition coefficient (Wildman–Crippen LogP) is -0.396. The largest absolute Gasteiger partial charge is 0.460 e. The molecule has 1 fully saturated rings. The number of amides is 2. The minimum absolute atomic E-state index is 0.0888. The van der Waals surface area contributed by atoms with E-state index in [-0.39, 0.29) is 42.5 Å². The Morgan fingerprint density at radius 1 is 1.18 bits per heavy atom. The van der Waals surface area contributed by atoms with Crippen LogP contribution in [-0.2, 0) is 37.3 Å². The lowest BCUT2D eigenvalue weighted by molar-refractivity contribution is -0.162. The average molecular weight is 566 g/mol. The molecule has 0 radical (unpaired) electrons. The zero-order valence-corrected chi connectivity index (χ0v) is 21.9. The SMILES string of the molecule is C=CCOC(=O)C1C(COC(=O)c2ncn3c(=O)n(C)nnc23)=CS[C@@H]2[C@H](NC(=O)Cc3ccccc3)C(=O)N12. The summed E-state index contributed by atoms with van der Waals surface area (Å²) in [4.78, 5) is 68.8. The van der Waals surface area contributed by atoms with Gasteiger partial charge in [0.2, 0.25) is 11.8 Å². The molecule has 0 spiro atoms. The number of nitrogens with zero attached hydrogens (tertiary/aromatic N) is 6. The molecule has 1 N–H and O–H groups in total. The Kier molecular flexibility index (Phi) is 7.46. The van der Waals surface area contributed by atoms with Gasteiger partial charge in [0.25, 0.3) is 0 Å². The van der Waals surface area contributed by atoms with E-state index >= 15 is 0 Å². The second-order valence-electron chi connectivity index (χ2n) is 8.85. The molecule has 2 amide bonds. The first-order valence-electron chi connectivity index (χ1n) is 12.0. The van der Waals surface area contributed by atoms with E-state index in [4.69, 9.17) is 9.47 Å².